The summed E-state index contributed by atoms with van der Waals surface area (Å²) in [4.78, 5) is 18.0. The molecule has 2 aromatic carbocycles. The van der Waals surface area contributed by atoms with Gasteiger partial charge >= 0.3 is 0 Å². The number of H-pyrrole nitrogens is 1. The molecule has 1 N–H and O–H groups in total. The molecule has 0 aliphatic carbocycles. The number of nitrogens with one attached hydrogen (secondary N) is 1. The van der Waals surface area contributed by atoms with Crippen molar-refractivity contribution in [2.24, 2.45) is 0 Å². The van der Waals surface area contributed by atoms with Crippen LogP contribution in [0.5, 0.6) is 0 Å². The number of aromatic nitrogens is 2. The van der Waals surface area contributed by atoms with E-state index in [0.717, 1.165) is 39.0 Å². The van der Waals surface area contributed by atoms with Gasteiger partial charge in [-0.15, -0.1) is 0 Å². The van der Waals surface area contributed by atoms with E-state index in [4.69, 9.17) is 4.52 Å². The molecule has 2 aromatic heterocycles. The van der Waals surface area contributed by atoms with Gasteiger partial charge in [-0.2, -0.15) is 0 Å². The topological polar surface area (TPSA) is 62.1 Å². The van der Waals surface area contributed by atoms with Crippen molar-refractivity contribution in [1.29, 1.82) is 0 Å². The van der Waals surface area contributed by atoms with Gasteiger partial charge in [0, 0.05) is 29.6 Å². The van der Waals surface area contributed by atoms with Crippen LogP contribution in [0.4, 0.5) is 4.39 Å². The molecule has 1 amide bonds. The van der Waals surface area contributed by atoms with Crippen molar-refractivity contribution in [1.82, 2.24) is 15.0 Å². The number of hydrogen-bond donors (Lipinski definition) is 1. The van der Waals surface area contributed by atoms with Crippen LogP contribution in [0.1, 0.15) is 22.6 Å². The zero-order chi connectivity index (χ0) is 20.5. The Morgan fingerprint density at radius 2 is 1.97 bits per heavy atom. The molecule has 148 valence electrons. The number of nitrogens with zero attached hydrogens (tertiary/aromatic N) is 2. The Balaban J connectivity index is 1.71. The predicted molar refractivity (Wildman–Crippen MR) is 110 cm³/mol. The average molecular weight is 391 g/mol. The summed E-state index contributed by atoms with van der Waals surface area (Å²) in [6.45, 7) is 4.19. The van der Waals surface area contributed by atoms with E-state index in [-0.39, 0.29) is 18.1 Å². The fourth-order valence-corrected chi connectivity index (χ4v) is 3.59. The molecule has 0 radical (unpaired) electrons. The number of hydrogen-bond acceptors (Lipinski definition) is 3. The highest BCUT2D eigenvalue weighted by Gasteiger charge is 2.20. The van der Waals surface area contributed by atoms with Crippen LogP contribution in [-0.4, -0.2) is 28.0 Å². The van der Waals surface area contributed by atoms with Gasteiger partial charge in [-0.1, -0.05) is 29.4 Å². The molecule has 0 atom stereocenters. The first-order chi connectivity index (χ1) is 13.9. The van der Waals surface area contributed by atoms with Gasteiger partial charge < -0.3 is 14.4 Å². The fourth-order valence-electron chi connectivity index (χ4n) is 3.59. The van der Waals surface area contributed by atoms with Crippen molar-refractivity contribution in [3.05, 3.63) is 76.9 Å². The molecule has 0 fully saturated rings. The lowest BCUT2D eigenvalue weighted by molar-refractivity contribution is -0.129. The summed E-state index contributed by atoms with van der Waals surface area (Å²) in [6.07, 6.45) is 0.150. The highest BCUT2D eigenvalue weighted by atomic mass is 19.1. The third-order valence-electron chi connectivity index (χ3n) is 5.11. The number of halogens is 1. The van der Waals surface area contributed by atoms with Crippen LogP contribution in [0.3, 0.4) is 0 Å². The summed E-state index contributed by atoms with van der Waals surface area (Å²) in [5.74, 6) is 0.216. The molecule has 0 aliphatic rings. The Morgan fingerprint density at radius 3 is 2.69 bits per heavy atom. The summed E-state index contributed by atoms with van der Waals surface area (Å²) >= 11 is 0. The Labute approximate surface area is 168 Å². The number of benzene rings is 2. The molecule has 6 heteroatoms. The van der Waals surface area contributed by atoms with Crippen molar-refractivity contribution < 1.29 is 13.7 Å². The maximum atomic E-state index is 14.0. The van der Waals surface area contributed by atoms with Gasteiger partial charge in [-0.05, 0) is 43.2 Å². The second-order valence-electron chi connectivity index (χ2n) is 7.34. The largest absolute Gasteiger partial charge is 0.359 e. The monoisotopic (exact) mass is 391 g/mol. The van der Waals surface area contributed by atoms with Crippen LogP contribution in [0.15, 0.2) is 53.1 Å². The Morgan fingerprint density at radius 1 is 1.17 bits per heavy atom. The maximum absolute atomic E-state index is 14.0. The summed E-state index contributed by atoms with van der Waals surface area (Å²) in [6, 6.07) is 14.4. The summed E-state index contributed by atoms with van der Waals surface area (Å²) in [5, 5.41) is 4.58. The second-order valence-corrected chi connectivity index (χ2v) is 7.34. The van der Waals surface area contributed by atoms with Crippen LogP contribution < -0.4 is 0 Å². The van der Waals surface area contributed by atoms with E-state index in [0.29, 0.717) is 12.3 Å². The molecule has 5 nitrogen and oxygen atoms in total. The van der Waals surface area contributed by atoms with E-state index in [1.165, 1.54) is 12.1 Å². The molecular weight excluding hydrogens is 369 g/mol. The van der Waals surface area contributed by atoms with Gasteiger partial charge in [-0.25, -0.2) is 4.39 Å². The Bertz CT molecular complexity index is 1190. The number of aryl methyl sites for hydroxylation is 2. The standard InChI is InChI=1S/C23H22FN3O2/c1-14-6-4-5-7-18(14)23-20(19-11-16(24)8-9-21(19)25-23)12-22(28)27(3)13-17-10-15(2)26-29-17/h4-11,25H,12-13H2,1-3H3. The SMILES string of the molecule is Cc1cc(CN(C)C(=O)Cc2c(-c3ccccc3C)[nH]c3ccc(F)cc23)on1. The lowest BCUT2D eigenvalue weighted by atomic mass is 9.99. The van der Waals surface area contributed by atoms with Crippen LogP contribution in [0.2, 0.25) is 0 Å². The number of likely N-dealkylation sites (N-methyl/N-ethyl adjacent to an activating group) is 1. The molecule has 0 unspecified atom stereocenters. The number of rotatable bonds is 5. The van der Waals surface area contributed by atoms with Gasteiger partial charge in [0.1, 0.15) is 5.82 Å². The van der Waals surface area contributed by atoms with Crippen LogP contribution in [0.25, 0.3) is 22.2 Å². The van der Waals surface area contributed by atoms with Crippen molar-refractivity contribution in [2.75, 3.05) is 7.05 Å². The number of carbonyl (C=O) groups is 1. The number of carbonyl (C=O) groups excluding carboxylic acids is 1. The minimum absolute atomic E-state index is 0.0842. The smallest absolute Gasteiger partial charge is 0.227 e. The van der Waals surface area contributed by atoms with Crippen molar-refractivity contribution in [3.63, 3.8) is 0 Å². The average Bonchev–Trinajstić information content (AvgIpc) is 3.25. The van der Waals surface area contributed by atoms with Gasteiger partial charge in [0.25, 0.3) is 0 Å². The van der Waals surface area contributed by atoms with Crippen molar-refractivity contribution in [3.8, 4) is 11.3 Å². The first-order valence-corrected chi connectivity index (χ1v) is 9.44. The normalized spacial score (nSPS) is 11.2. The van der Waals surface area contributed by atoms with Gasteiger partial charge in [0.05, 0.1) is 24.4 Å². The lowest BCUT2D eigenvalue weighted by Gasteiger charge is -2.16. The van der Waals surface area contributed by atoms with E-state index >= 15 is 0 Å². The summed E-state index contributed by atoms with van der Waals surface area (Å²) < 4.78 is 19.2. The molecule has 29 heavy (non-hydrogen) atoms. The maximum Gasteiger partial charge on any atom is 0.227 e. The van der Waals surface area contributed by atoms with Crippen molar-refractivity contribution >= 4 is 16.8 Å². The Hall–Kier alpha value is -3.41. The van der Waals surface area contributed by atoms with Gasteiger partial charge in [-0.3, -0.25) is 4.79 Å². The van der Waals surface area contributed by atoms with Crippen LogP contribution in [-0.2, 0) is 17.8 Å². The minimum atomic E-state index is -0.327. The number of amides is 1. The zero-order valence-corrected chi connectivity index (χ0v) is 16.6. The van der Waals surface area contributed by atoms with E-state index < -0.39 is 0 Å². The quantitative estimate of drug-likeness (QED) is 0.533. The number of aromatic amines is 1. The zero-order valence-electron chi connectivity index (χ0n) is 16.6. The predicted octanol–water partition coefficient (Wildman–Crippen LogP) is 4.78. The molecule has 0 aliphatic heterocycles. The van der Waals surface area contributed by atoms with E-state index in [1.807, 2.05) is 44.2 Å². The molecule has 4 rings (SSSR count). The summed E-state index contributed by atoms with van der Waals surface area (Å²) in [5.41, 5.74) is 5.30. The van der Waals surface area contributed by atoms with Crippen LogP contribution >= 0.6 is 0 Å². The molecule has 0 saturated carbocycles. The first-order valence-electron chi connectivity index (χ1n) is 9.44. The molecule has 0 spiro atoms. The highest BCUT2D eigenvalue weighted by molar-refractivity contribution is 5.95. The molecule has 4 aromatic rings. The van der Waals surface area contributed by atoms with Gasteiger partial charge in [0.15, 0.2) is 5.76 Å². The molecule has 0 bridgehead atoms. The summed E-state index contributed by atoms with van der Waals surface area (Å²) in [7, 11) is 1.73. The Kier molecular flexibility index (Phi) is 4.92. The third-order valence-corrected chi connectivity index (χ3v) is 5.11. The molecule has 2 heterocycles. The van der Waals surface area contributed by atoms with Gasteiger partial charge in [0.2, 0.25) is 5.91 Å². The van der Waals surface area contributed by atoms with E-state index in [9.17, 15) is 9.18 Å². The second kappa shape index (κ2) is 7.54. The van der Waals surface area contributed by atoms with Crippen LogP contribution in [0, 0.1) is 19.7 Å². The third kappa shape index (κ3) is 3.78. The lowest BCUT2D eigenvalue weighted by Crippen LogP contribution is -2.27. The van der Waals surface area contributed by atoms with E-state index in [2.05, 4.69) is 10.1 Å². The van der Waals surface area contributed by atoms with Crippen molar-refractivity contribution in [2.45, 2.75) is 26.8 Å². The molecule has 0 saturated heterocycles. The fraction of sp³-hybridized carbons (Fsp3) is 0.217. The van der Waals surface area contributed by atoms with E-state index in [1.54, 1.807) is 18.0 Å². The molecular formula is C23H22FN3O2. The highest BCUT2D eigenvalue weighted by Crippen LogP contribution is 2.33. The first kappa shape index (κ1) is 18.9. The minimum Gasteiger partial charge on any atom is -0.359 e. The number of fused-ring (bicyclic) bond motifs is 1.